The van der Waals surface area contributed by atoms with Crippen molar-refractivity contribution in [2.45, 2.75) is 6.42 Å². The van der Waals surface area contributed by atoms with Crippen molar-refractivity contribution in [3.63, 3.8) is 0 Å². The third-order valence-corrected chi connectivity index (χ3v) is 1.76. The van der Waals surface area contributed by atoms with Gasteiger partial charge in [0.25, 0.3) is 0 Å². The third kappa shape index (κ3) is 0.590. The highest BCUT2D eigenvalue weighted by atomic mass is 16.5. The van der Waals surface area contributed by atoms with E-state index in [9.17, 15) is 0 Å². The first kappa shape index (κ1) is 5.60. The maximum atomic E-state index is 8.57. The first-order chi connectivity index (χ1) is 4.92. The number of hydrogen-bond donors (Lipinski definition) is 0. The second-order valence-electron chi connectivity index (χ2n) is 2.38. The van der Waals surface area contributed by atoms with E-state index < -0.39 is 0 Å². The molecule has 3 nitrogen and oxygen atoms in total. The minimum absolute atomic E-state index is 0.141. The highest BCUT2D eigenvalue weighted by molar-refractivity contribution is 5.20. The lowest BCUT2D eigenvalue weighted by Gasteiger charge is -2.02. The van der Waals surface area contributed by atoms with Gasteiger partial charge >= 0.3 is 0 Å². The Balaban J connectivity index is 2.25. The lowest BCUT2D eigenvalue weighted by atomic mass is 10.1. The van der Waals surface area contributed by atoms with Crippen molar-refractivity contribution in [1.29, 1.82) is 5.26 Å². The van der Waals surface area contributed by atoms with Crippen molar-refractivity contribution in [2.24, 2.45) is 5.92 Å². The minimum Gasteiger partial charge on any atom is -0.492 e. The Hall–Kier alpha value is -1.17. The fourth-order valence-corrected chi connectivity index (χ4v) is 1.25. The Morgan fingerprint density at radius 2 is 2.40 bits per heavy atom. The molecule has 0 N–H and O–H groups in total. The maximum absolute atomic E-state index is 8.57. The van der Waals surface area contributed by atoms with Crippen LogP contribution in [-0.4, -0.2) is 13.2 Å². The van der Waals surface area contributed by atoms with E-state index in [-0.39, 0.29) is 5.92 Å². The molecule has 0 aromatic carbocycles. The smallest absolute Gasteiger partial charge is 0.154 e. The second kappa shape index (κ2) is 1.91. The summed E-state index contributed by atoms with van der Waals surface area (Å²) in [5, 5.41) is 8.57. The van der Waals surface area contributed by atoms with Gasteiger partial charge in [0.2, 0.25) is 0 Å². The van der Waals surface area contributed by atoms with Gasteiger partial charge in [-0.2, -0.15) is 5.26 Å². The van der Waals surface area contributed by atoms with E-state index >= 15 is 0 Å². The molecule has 0 spiro atoms. The van der Waals surface area contributed by atoms with Gasteiger partial charge in [-0.1, -0.05) is 0 Å². The Morgan fingerprint density at radius 3 is 3.20 bits per heavy atom. The van der Waals surface area contributed by atoms with Gasteiger partial charge in [-0.25, -0.2) is 0 Å². The van der Waals surface area contributed by atoms with Crippen LogP contribution in [0.3, 0.4) is 0 Å². The molecule has 1 atom stereocenters. The van der Waals surface area contributed by atoms with Gasteiger partial charge in [-0.15, -0.1) is 0 Å². The summed E-state index contributed by atoms with van der Waals surface area (Å²) in [6, 6.07) is 2.13. The molecule has 0 aliphatic carbocycles. The number of hydrogen-bond acceptors (Lipinski definition) is 3. The predicted molar refractivity (Wildman–Crippen MR) is 32.6 cm³/mol. The van der Waals surface area contributed by atoms with E-state index in [0.717, 1.165) is 17.9 Å². The Morgan fingerprint density at radius 1 is 1.50 bits per heavy atom. The van der Waals surface area contributed by atoms with Crippen molar-refractivity contribution in [2.75, 3.05) is 13.2 Å². The van der Waals surface area contributed by atoms with Crippen LogP contribution in [0.5, 0.6) is 0 Å². The van der Waals surface area contributed by atoms with Crippen LogP contribution in [0, 0.1) is 17.2 Å². The molecule has 52 valence electrons. The predicted octanol–water partition coefficient (Wildman–Crippen LogP) is 0.788. The summed E-state index contributed by atoms with van der Waals surface area (Å²) >= 11 is 0. The van der Waals surface area contributed by atoms with Crippen LogP contribution in [0.25, 0.3) is 0 Å². The van der Waals surface area contributed by atoms with Gasteiger partial charge in [-0.3, -0.25) is 0 Å². The molecule has 2 rings (SSSR count). The monoisotopic (exact) mass is 137 g/mol. The molecule has 0 saturated heterocycles. The quantitative estimate of drug-likeness (QED) is 0.495. The first-order valence-corrected chi connectivity index (χ1v) is 3.30. The minimum atomic E-state index is -0.141. The molecule has 2 aliphatic rings. The summed E-state index contributed by atoms with van der Waals surface area (Å²) < 4.78 is 10.4. The van der Waals surface area contributed by atoms with Crippen LogP contribution in [0.2, 0.25) is 0 Å². The van der Waals surface area contributed by atoms with Gasteiger partial charge in [-0.05, 0) is 0 Å². The highest BCUT2D eigenvalue weighted by Crippen LogP contribution is 2.32. The SMILES string of the molecule is N#C[C@H]1COC2=C1OCC2. The molecular weight excluding hydrogens is 130 g/mol. The van der Waals surface area contributed by atoms with Crippen LogP contribution in [0.4, 0.5) is 0 Å². The summed E-state index contributed by atoms with van der Waals surface area (Å²) in [4.78, 5) is 0. The van der Waals surface area contributed by atoms with Crippen molar-refractivity contribution in [1.82, 2.24) is 0 Å². The zero-order valence-electron chi connectivity index (χ0n) is 5.46. The van der Waals surface area contributed by atoms with Crippen molar-refractivity contribution in [3.8, 4) is 6.07 Å². The topological polar surface area (TPSA) is 42.2 Å². The summed E-state index contributed by atoms with van der Waals surface area (Å²) in [7, 11) is 0. The Labute approximate surface area is 58.8 Å². The van der Waals surface area contributed by atoms with Gasteiger partial charge in [0, 0.05) is 6.42 Å². The molecule has 2 heterocycles. The number of nitrogens with zero attached hydrogens (tertiary/aromatic N) is 1. The average Bonchev–Trinajstić information content (AvgIpc) is 2.44. The van der Waals surface area contributed by atoms with Gasteiger partial charge in [0.1, 0.15) is 18.3 Å². The van der Waals surface area contributed by atoms with Gasteiger partial charge in [0.15, 0.2) is 5.76 Å². The number of nitriles is 1. The molecule has 0 radical (unpaired) electrons. The normalized spacial score (nSPS) is 28.9. The van der Waals surface area contributed by atoms with Crippen LogP contribution < -0.4 is 0 Å². The molecule has 0 aromatic rings. The van der Waals surface area contributed by atoms with E-state index in [2.05, 4.69) is 6.07 Å². The summed E-state index contributed by atoms with van der Waals surface area (Å²) in [6.45, 7) is 1.17. The van der Waals surface area contributed by atoms with Gasteiger partial charge in [0.05, 0.1) is 12.7 Å². The van der Waals surface area contributed by atoms with Crippen molar-refractivity contribution < 1.29 is 9.47 Å². The highest BCUT2D eigenvalue weighted by Gasteiger charge is 2.32. The van der Waals surface area contributed by atoms with Crippen LogP contribution >= 0.6 is 0 Å². The van der Waals surface area contributed by atoms with E-state index in [0.29, 0.717) is 13.2 Å². The van der Waals surface area contributed by atoms with E-state index in [4.69, 9.17) is 14.7 Å². The molecule has 0 amide bonds. The lowest BCUT2D eigenvalue weighted by molar-refractivity contribution is 0.179. The maximum Gasteiger partial charge on any atom is 0.154 e. The standard InChI is InChI=1S/C7H7NO2/c8-3-5-4-10-6-1-2-9-7(5)6/h5H,1-2,4H2/t5-/m0/s1. The molecular formula is C7H7NO2. The summed E-state index contributed by atoms with van der Waals surface area (Å²) in [5.41, 5.74) is 0. The fourth-order valence-electron chi connectivity index (χ4n) is 1.25. The molecule has 0 bridgehead atoms. The molecule has 10 heavy (non-hydrogen) atoms. The van der Waals surface area contributed by atoms with Crippen molar-refractivity contribution >= 4 is 0 Å². The number of ether oxygens (including phenoxy) is 2. The molecule has 2 aliphatic heterocycles. The van der Waals surface area contributed by atoms with Gasteiger partial charge < -0.3 is 9.47 Å². The first-order valence-electron chi connectivity index (χ1n) is 3.30. The fraction of sp³-hybridized carbons (Fsp3) is 0.571. The zero-order chi connectivity index (χ0) is 6.97. The Bertz CT molecular complexity index is 226. The lowest BCUT2D eigenvalue weighted by Crippen LogP contribution is -2.03. The third-order valence-electron chi connectivity index (χ3n) is 1.76. The average molecular weight is 137 g/mol. The molecule has 0 fully saturated rings. The second-order valence-corrected chi connectivity index (χ2v) is 2.38. The molecule has 0 unspecified atom stereocenters. The number of rotatable bonds is 0. The Kier molecular flexibility index (Phi) is 1.07. The summed E-state index contributed by atoms with van der Waals surface area (Å²) in [5.74, 6) is 1.53. The van der Waals surface area contributed by atoms with Crippen LogP contribution in [0.15, 0.2) is 11.5 Å². The van der Waals surface area contributed by atoms with E-state index in [1.54, 1.807) is 0 Å². The van der Waals surface area contributed by atoms with Crippen molar-refractivity contribution in [3.05, 3.63) is 11.5 Å². The summed E-state index contributed by atoms with van der Waals surface area (Å²) in [6.07, 6.45) is 0.841. The van der Waals surface area contributed by atoms with E-state index in [1.165, 1.54) is 0 Å². The molecule has 0 aromatic heterocycles. The zero-order valence-corrected chi connectivity index (χ0v) is 5.46. The largest absolute Gasteiger partial charge is 0.492 e. The molecule has 0 saturated carbocycles. The van der Waals surface area contributed by atoms with Crippen LogP contribution in [0.1, 0.15) is 6.42 Å². The molecule has 3 heteroatoms. The van der Waals surface area contributed by atoms with Crippen LogP contribution in [-0.2, 0) is 9.47 Å². The van der Waals surface area contributed by atoms with E-state index in [1.807, 2.05) is 0 Å².